The van der Waals surface area contributed by atoms with Crippen LogP contribution in [0.1, 0.15) is 24.2 Å². The number of rotatable bonds is 3. The highest BCUT2D eigenvalue weighted by Crippen LogP contribution is 2.32. The van der Waals surface area contributed by atoms with Gasteiger partial charge in [0.25, 0.3) is 5.91 Å². The summed E-state index contributed by atoms with van der Waals surface area (Å²) in [6, 6.07) is 3.10. The summed E-state index contributed by atoms with van der Waals surface area (Å²) in [6.45, 7) is 3.74. The lowest BCUT2D eigenvalue weighted by Crippen LogP contribution is -2.30. The normalized spacial score (nSPS) is 10.4. The maximum atomic E-state index is 11.8. The van der Waals surface area contributed by atoms with Crippen molar-refractivity contribution in [3.63, 3.8) is 0 Å². The maximum Gasteiger partial charge on any atom is 0.255 e. The predicted molar refractivity (Wildman–Crippen MR) is 65.6 cm³/mol. The molecular weight excluding hydrogens is 249 g/mol. The molecule has 0 spiro atoms. The van der Waals surface area contributed by atoms with Crippen LogP contribution in [0.15, 0.2) is 12.1 Å². The molecule has 0 aromatic heterocycles. The van der Waals surface area contributed by atoms with E-state index < -0.39 is 0 Å². The zero-order valence-electron chi connectivity index (χ0n) is 9.30. The summed E-state index contributed by atoms with van der Waals surface area (Å²) in [5.74, 6) is 0.0838. The smallest absolute Gasteiger partial charge is 0.255 e. The third kappa shape index (κ3) is 3.03. The van der Waals surface area contributed by atoms with Crippen LogP contribution in [-0.4, -0.2) is 19.1 Å². The van der Waals surface area contributed by atoms with Crippen LogP contribution in [0.25, 0.3) is 0 Å². The number of nitrogens with one attached hydrogen (secondary N) is 1. The summed E-state index contributed by atoms with van der Waals surface area (Å²) in [6.07, 6.45) is 0. The van der Waals surface area contributed by atoms with E-state index in [4.69, 9.17) is 27.9 Å². The van der Waals surface area contributed by atoms with Gasteiger partial charge in [0.1, 0.15) is 5.75 Å². The Kier molecular flexibility index (Phi) is 4.44. The number of carbonyl (C=O) groups excluding carboxylic acids is 1. The summed E-state index contributed by atoms with van der Waals surface area (Å²) in [7, 11) is 1.46. The van der Waals surface area contributed by atoms with Gasteiger partial charge in [-0.15, -0.1) is 0 Å². The third-order valence-electron chi connectivity index (χ3n) is 1.88. The lowest BCUT2D eigenvalue weighted by atomic mass is 10.1. The molecule has 3 nitrogen and oxygen atoms in total. The van der Waals surface area contributed by atoms with Gasteiger partial charge in [-0.3, -0.25) is 4.79 Å². The van der Waals surface area contributed by atoms with Crippen molar-refractivity contribution in [3.05, 3.63) is 27.7 Å². The van der Waals surface area contributed by atoms with Gasteiger partial charge in [-0.05, 0) is 26.0 Å². The summed E-state index contributed by atoms with van der Waals surface area (Å²) in [5, 5.41) is 3.48. The molecule has 1 rings (SSSR count). The fourth-order valence-corrected chi connectivity index (χ4v) is 1.85. The molecule has 0 atom stereocenters. The largest absolute Gasteiger partial charge is 0.494 e. The van der Waals surface area contributed by atoms with Gasteiger partial charge in [0, 0.05) is 11.1 Å². The summed E-state index contributed by atoms with van der Waals surface area (Å²) in [5.41, 5.74) is 0.341. The van der Waals surface area contributed by atoms with Crippen molar-refractivity contribution in [1.82, 2.24) is 5.32 Å². The molecule has 0 heterocycles. The van der Waals surface area contributed by atoms with E-state index in [0.717, 1.165) is 0 Å². The molecule has 0 saturated carbocycles. The van der Waals surface area contributed by atoms with Crippen LogP contribution < -0.4 is 10.1 Å². The molecule has 1 aromatic carbocycles. The number of benzene rings is 1. The molecule has 1 N–H and O–H groups in total. The Bertz CT molecular complexity index is 405. The number of amides is 1. The first-order chi connectivity index (χ1) is 7.45. The molecule has 0 saturated heterocycles. The first-order valence-corrected chi connectivity index (χ1v) is 5.55. The Balaban J connectivity index is 3.15. The van der Waals surface area contributed by atoms with E-state index in [9.17, 15) is 4.79 Å². The molecule has 0 bridgehead atoms. The van der Waals surface area contributed by atoms with E-state index in [2.05, 4.69) is 5.32 Å². The minimum absolute atomic E-state index is 0.0370. The average Bonchev–Trinajstić information content (AvgIpc) is 2.15. The molecule has 0 aliphatic rings. The predicted octanol–water partition coefficient (Wildman–Crippen LogP) is 3.14. The quantitative estimate of drug-likeness (QED) is 0.908. The molecule has 5 heteroatoms. The monoisotopic (exact) mass is 261 g/mol. The first-order valence-electron chi connectivity index (χ1n) is 4.79. The number of ether oxygens (including phenoxy) is 1. The van der Waals surface area contributed by atoms with Gasteiger partial charge in [-0.25, -0.2) is 0 Å². The zero-order valence-corrected chi connectivity index (χ0v) is 10.8. The Labute approximate surface area is 105 Å². The summed E-state index contributed by atoms with van der Waals surface area (Å²) < 4.78 is 5.08. The van der Waals surface area contributed by atoms with Crippen molar-refractivity contribution in [1.29, 1.82) is 0 Å². The standard InChI is InChI=1S/C11H13Cl2NO2/c1-6(2)14-11(15)8-4-7(12)5-9(13)10(8)16-3/h4-6H,1-3H3,(H,14,15). The fourth-order valence-electron chi connectivity index (χ4n) is 1.28. The van der Waals surface area contributed by atoms with Crippen LogP contribution >= 0.6 is 23.2 Å². The first kappa shape index (κ1) is 13.1. The van der Waals surface area contributed by atoms with Crippen molar-refractivity contribution in [2.45, 2.75) is 19.9 Å². The van der Waals surface area contributed by atoms with E-state index in [1.165, 1.54) is 19.2 Å². The SMILES string of the molecule is COc1c(Cl)cc(Cl)cc1C(=O)NC(C)C. The topological polar surface area (TPSA) is 38.3 Å². The number of hydrogen-bond donors (Lipinski definition) is 1. The van der Waals surface area contributed by atoms with Gasteiger partial charge < -0.3 is 10.1 Å². The van der Waals surface area contributed by atoms with Crippen molar-refractivity contribution >= 4 is 29.1 Å². The molecule has 0 unspecified atom stereocenters. The minimum Gasteiger partial charge on any atom is -0.494 e. The molecule has 88 valence electrons. The second kappa shape index (κ2) is 5.41. The molecule has 0 radical (unpaired) electrons. The highest BCUT2D eigenvalue weighted by molar-refractivity contribution is 6.36. The molecule has 1 aromatic rings. The summed E-state index contributed by atoms with van der Waals surface area (Å²) in [4.78, 5) is 11.8. The Morgan fingerprint density at radius 2 is 2.00 bits per heavy atom. The van der Waals surface area contributed by atoms with Crippen LogP contribution in [-0.2, 0) is 0 Å². The Hall–Kier alpha value is -0.930. The van der Waals surface area contributed by atoms with E-state index >= 15 is 0 Å². The molecule has 0 aliphatic carbocycles. The second-order valence-corrected chi connectivity index (χ2v) is 4.44. The molecule has 16 heavy (non-hydrogen) atoms. The Morgan fingerprint density at radius 1 is 1.38 bits per heavy atom. The minimum atomic E-state index is -0.253. The van der Waals surface area contributed by atoms with Crippen molar-refractivity contribution < 1.29 is 9.53 Å². The lowest BCUT2D eigenvalue weighted by Gasteiger charge is -2.13. The van der Waals surface area contributed by atoms with Gasteiger partial charge in [0.05, 0.1) is 17.7 Å². The van der Waals surface area contributed by atoms with Crippen molar-refractivity contribution in [2.24, 2.45) is 0 Å². The van der Waals surface area contributed by atoms with Gasteiger partial charge >= 0.3 is 0 Å². The van der Waals surface area contributed by atoms with Gasteiger partial charge in [-0.2, -0.15) is 0 Å². The average molecular weight is 262 g/mol. The zero-order chi connectivity index (χ0) is 12.3. The highest BCUT2D eigenvalue weighted by atomic mass is 35.5. The van der Waals surface area contributed by atoms with E-state index in [-0.39, 0.29) is 11.9 Å². The van der Waals surface area contributed by atoms with Crippen LogP contribution in [0.3, 0.4) is 0 Å². The molecule has 1 amide bonds. The Morgan fingerprint density at radius 3 is 2.50 bits per heavy atom. The number of halogens is 2. The highest BCUT2D eigenvalue weighted by Gasteiger charge is 2.17. The number of carbonyl (C=O) groups is 1. The number of methoxy groups -OCH3 is 1. The van der Waals surface area contributed by atoms with E-state index in [1.807, 2.05) is 13.8 Å². The fraction of sp³-hybridized carbons (Fsp3) is 0.364. The van der Waals surface area contributed by atoms with E-state index in [1.54, 1.807) is 0 Å². The second-order valence-electron chi connectivity index (χ2n) is 3.60. The van der Waals surface area contributed by atoms with Crippen LogP contribution in [0.4, 0.5) is 0 Å². The van der Waals surface area contributed by atoms with Crippen molar-refractivity contribution in [3.8, 4) is 5.75 Å². The van der Waals surface area contributed by atoms with Gasteiger partial charge in [0.15, 0.2) is 0 Å². The van der Waals surface area contributed by atoms with Crippen LogP contribution in [0.2, 0.25) is 10.0 Å². The third-order valence-corrected chi connectivity index (χ3v) is 2.38. The number of hydrogen-bond acceptors (Lipinski definition) is 2. The van der Waals surface area contributed by atoms with Crippen molar-refractivity contribution in [2.75, 3.05) is 7.11 Å². The maximum absolute atomic E-state index is 11.8. The molecular formula is C11H13Cl2NO2. The molecule has 0 aliphatic heterocycles. The summed E-state index contributed by atoms with van der Waals surface area (Å²) >= 11 is 11.8. The van der Waals surface area contributed by atoms with Gasteiger partial charge in [0.2, 0.25) is 0 Å². The van der Waals surface area contributed by atoms with Crippen LogP contribution in [0, 0.1) is 0 Å². The van der Waals surface area contributed by atoms with E-state index in [0.29, 0.717) is 21.4 Å². The van der Waals surface area contributed by atoms with Gasteiger partial charge in [-0.1, -0.05) is 23.2 Å². The molecule has 0 fully saturated rings. The van der Waals surface area contributed by atoms with Crippen LogP contribution in [0.5, 0.6) is 5.75 Å². The lowest BCUT2D eigenvalue weighted by molar-refractivity contribution is 0.0940.